The van der Waals surface area contributed by atoms with Crippen LogP contribution in [0.5, 0.6) is 0 Å². The molecule has 0 aliphatic heterocycles. The number of nitrogen functional groups attached to an aromatic ring is 1. The van der Waals surface area contributed by atoms with Crippen molar-refractivity contribution in [2.75, 3.05) is 16.8 Å². The average molecular weight is 365 g/mol. The highest BCUT2D eigenvalue weighted by molar-refractivity contribution is 8.00. The van der Waals surface area contributed by atoms with Gasteiger partial charge in [0, 0.05) is 5.69 Å². The third-order valence-electron chi connectivity index (χ3n) is 3.97. The number of nitrogens with one attached hydrogen (secondary N) is 1. The van der Waals surface area contributed by atoms with Crippen LogP contribution in [0, 0.1) is 22.7 Å². The first-order valence-electron chi connectivity index (χ1n) is 8.11. The van der Waals surface area contributed by atoms with Crippen molar-refractivity contribution >= 4 is 29.2 Å². The SMILES string of the molecule is CC[C@@H](C)c1ccc(NC(=O)CSc2nc(N)c(C#N)cc2C#N)cc1. The molecular formula is C19H19N5OS. The molecule has 0 saturated heterocycles. The number of hydrogen-bond donors (Lipinski definition) is 2. The van der Waals surface area contributed by atoms with Crippen molar-refractivity contribution in [2.45, 2.75) is 31.2 Å². The van der Waals surface area contributed by atoms with E-state index < -0.39 is 0 Å². The summed E-state index contributed by atoms with van der Waals surface area (Å²) in [4.78, 5) is 16.2. The Labute approximate surface area is 157 Å². The van der Waals surface area contributed by atoms with Crippen LogP contribution in [0.15, 0.2) is 35.4 Å². The molecule has 6 nitrogen and oxygen atoms in total. The van der Waals surface area contributed by atoms with Gasteiger partial charge in [0.25, 0.3) is 0 Å². The van der Waals surface area contributed by atoms with Gasteiger partial charge >= 0.3 is 0 Å². The van der Waals surface area contributed by atoms with Gasteiger partial charge in [0.1, 0.15) is 23.0 Å². The van der Waals surface area contributed by atoms with Crippen LogP contribution in [0.2, 0.25) is 0 Å². The molecule has 0 radical (unpaired) electrons. The topological polar surface area (TPSA) is 116 Å². The Morgan fingerprint density at radius 1 is 1.27 bits per heavy atom. The molecule has 26 heavy (non-hydrogen) atoms. The van der Waals surface area contributed by atoms with E-state index >= 15 is 0 Å². The first-order chi connectivity index (χ1) is 12.5. The fraction of sp³-hybridized carbons (Fsp3) is 0.263. The number of amides is 1. The van der Waals surface area contributed by atoms with Crippen molar-refractivity contribution in [3.05, 3.63) is 47.0 Å². The molecule has 1 aromatic carbocycles. The van der Waals surface area contributed by atoms with Gasteiger partial charge in [0.15, 0.2) is 0 Å². The van der Waals surface area contributed by atoms with E-state index in [-0.39, 0.29) is 28.6 Å². The van der Waals surface area contributed by atoms with E-state index in [2.05, 4.69) is 24.1 Å². The van der Waals surface area contributed by atoms with Gasteiger partial charge < -0.3 is 11.1 Å². The van der Waals surface area contributed by atoms with Gasteiger partial charge in [0.05, 0.1) is 16.9 Å². The number of pyridine rings is 1. The van der Waals surface area contributed by atoms with Gasteiger partial charge in [0.2, 0.25) is 5.91 Å². The van der Waals surface area contributed by atoms with Crippen molar-refractivity contribution in [3.8, 4) is 12.1 Å². The number of carbonyl (C=O) groups excluding carboxylic acids is 1. The van der Waals surface area contributed by atoms with Crippen LogP contribution in [0.4, 0.5) is 11.5 Å². The summed E-state index contributed by atoms with van der Waals surface area (Å²) in [5.74, 6) is 0.405. The van der Waals surface area contributed by atoms with Crippen LogP contribution < -0.4 is 11.1 Å². The monoisotopic (exact) mass is 365 g/mol. The van der Waals surface area contributed by atoms with Gasteiger partial charge in [-0.2, -0.15) is 10.5 Å². The van der Waals surface area contributed by atoms with Crippen molar-refractivity contribution in [3.63, 3.8) is 0 Å². The minimum atomic E-state index is -0.208. The third-order valence-corrected chi connectivity index (χ3v) is 4.96. The fourth-order valence-electron chi connectivity index (χ4n) is 2.25. The largest absolute Gasteiger partial charge is 0.383 e. The quantitative estimate of drug-likeness (QED) is 0.755. The number of aromatic nitrogens is 1. The average Bonchev–Trinajstić information content (AvgIpc) is 2.66. The second kappa shape index (κ2) is 8.89. The predicted octanol–water partition coefficient (Wildman–Crippen LogP) is 3.65. The second-order valence-electron chi connectivity index (χ2n) is 5.77. The van der Waals surface area contributed by atoms with E-state index in [0.717, 1.165) is 23.9 Å². The summed E-state index contributed by atoms with van der Waals surface area (Å²) in [6.45, 7) is 4.30. The van der Waals surface area contributed by atoms with E-state index in [1.165, 1.54) is 11.6 Å². The van der Waals surface area contributed by atoms with Crippen LogP contribution >= 0.6 is 11.8 Å². The Kier molecular flexibility index (Phi) is 6.60. The Morgan fingerprint density at radius 3 is 2.50 bits per heavy atom. The lowest BCUT2D eigenvalue weighted by Crippen LogP contribution is -2.14. The van der Waals surface area contributed by atoms with Crippen LogP contribution in [-0.4, -0.2) is 16.6 Å². The highest BCUT2D eigenvalue weighted by Gasteiger charge is 2.12. The summed E-state index contributed by atoms with van der Waals surface area (Å²) in [5.41, 5.74) is 8.01. The van der Waals surface area contributed by atoms with Crippen LogP contribution in [0.1, 0.15) is 42.9 Å². The zero-order chi connectivity index (χ0) is 19.1. The Bertz CT molecular complexity index is 881. The maximum atomic E-state index is 12.1. The molecule has 1 aromatic heterocycles. The van der Waals surface area contributed by atoms with Gasteiger partial charge in [-0.25, -0.2) is 4.98 Å². The Morgan fingerprint density at radius 2 is 1.92 bits per heavy atom. The number of nitrogens with two attached hydrogens (primary N) is 1. The van der Waals surface area contributed by atoms with Crippen molar-refractivity contribution in [1.29, 1.82) is 10.5 Å². The van der Waals surface area contributed by atoms with Crippen LogP contribution in [-0.2, 0) is 4.79 Å². The van der Waals surface area contributed by atoms with Crippen molar-refractivity contribution < 1.29 is 4.79 Å². The van der Waals surface area contributed by atoms with Gasteiger partial charge in [-0.15, -0.1) is 0 Å². The highest BCUT2D eigenvalue weighted by Crippen LogP contribution is 2.24. The number of nitriles is 2. The van der Waals surface area contributed by atoms with E-state index in [0.29, 0.717) is 10.9 Å². The smallest absolute Gasteiger partial charge is 0.234 e. The Balaban J connectivity index is 2.00. The lowest BCUT2D eigenvalue weighted by molar-refractivity contribution is -0.113. The molecule has 0 aliphatic rings. The van der Waals surface area contributed by atoms with Gasteiger partial charge in [-0.05, 0) is 36.1 Å². The summed E-state index contributed by atoms with van der Waals surface area (Å²) < 4.78 is 0. The highest BCUT2D eigenvalue weighted by atomic mass is 32.2. The summed E-state index contributed by atoms with van der Waals surface area (Å²) in [6, 6.07) is 13.0. The van der Waals surface area contributed by atoms with Gasteiger partial charge in [-0.3, -0.25) is 4.79 Å². The van der Waals surface area contributed by atoms with Crippen molar-refractivity contribution in [1.82, 2.24) is 4.98 Å². The number of nitrogens with zero attached hydrogens (tertiary/aromatic N) is 3. The van der Waals surface area contributed by atoms with E-state index in [4.69, 9.17) is 16.3 Å². The van der Waals surface area contributed by atoms with E-state index in [1.54, 1.807) is 0 Å². The standard InChI is InChI=1S/C19H19N5OS/c1-3-12(2)13-4-6-16(7-5-13)23-17(25)11-26-19-15(10-21)8-14(9-20)18(22)24-19/h4-8,12H,3,11H2,1-2H3,(H2,22,24)(H,23,25)/t12-/m1/s1. The molecule has 7 heteroatoms. The molecule has 0 spiro atoms. The number of thioether (sulfide) groups is 1. The normalized spacial score (nSPS) is 11.2. The number of rotatable bonds is 6. The molecule has 2 aromatic rings. The third kappa shape index (κ3) is 4.75. The second-order valence-corrected chi connectivity index (χ2v) is 6.73. The number of benzene rings is 1. The molecule has 3 N–H and O–H groups in total. The van der Waals surface area contributed by atoms with E-state index in [1.807, 2.05) is 36.4 Å². The number of anilines is 2. The molecule has 132 valence electrons. The first-order valence-corrected chi connectivity index (χ1v) is 9.10. The molecule has 0 saturated carbocycles. The molecule has 0 aliphatic carbocycles. The predicted molar refractivity (Wildman–Crippen MR) is 103 cm³/mol. The molecular weight excluding hydrogens is 346 g/mol. The summed E-state index contributed by atoms with van der Waals surface area (Å²) in [7, 11) is 0. The molecule has 1 atom stereocenters. The minimum Gasteiger partial charge on any atom is -0.383 e. The minimum absolute atomic E-state index is 0.0510. The summed E-state index contributed by atoms with van der Waals surface area (Å²) in [6.07, 6.45) is 1.06. The molecule has 0 fully saturated rings. The molecule has 1 amide bonds. The Hall–Kier alpha value is -3.03. The molecule has 0 unspecified atom stereocenters. The lowest BCUT2D eigenvalue weighted by atomic mass is 9.99. The maximum absolute atomic E-state index is 12.1. The first kappa shape index (κ1) is 19.3. The van der Waals surface area contributed by atoms with Crippen molar-refractivity contribution in [2.24, 2.45) is 0 Å². The fourth-order valence-corrected chi connectivity index (χ4v) is 3.01. The van der Waals surface area contributed by atoms with Gasteiger partial charge in [-0.1, -0.05) is 37.7 Å². The molecule has 1 heterocycles. The van der Waals surface area contributed by atoms with Crippen LogP contribution in [0.25, 0.3) is 0 Å². The molecule has 0 bridgehead atoms. The maximum Gasteiger partial charge on any atom is 0.234 e. The summed E-state index contributed by atoms with van der Waals surface area (Å²) >= 11 is 1.11. The van der Waals surface area contributed by atoms with E-state index in [9.17, 15) is 4.79 Å². The zero-order valence-electron chi connectivity index (χ0n) is 14.6. The number of hydrogen-bond acceptors (Lipinski definition) is 6. The summed E-state index contributed by atoms with van der Waals surface area (Å²) in [5, 5.41) is 21.3. The van der Waals surface area contributed by atoms with Crippen LogP contribution in [0.3, 0.4) is 0 Å². The molecule has 2 rings (SSSR count). The zero-order valence-corrected chi connectivity index (χ0v) is 15.4. The lowest BCUT2D eigenvalue weighted by Gasteiger charge is -2.10. The number of carbonyl (C=O) groups is 1.